The molecule has 2 saturated heterocycles. The summed E-state index contributed by atoms with van der Waals surface area (Å²) >= 11 is 0. The quantitative estimate of drug-likeness (QED) is 0.849. The van der Waals surface area contributed by atoms with Gasteiger partial charge in [0.2, 0.25) is 0 Å². The molecule has 0 amide bonds. The van der Waals surface area contributed by atoms with E-state index in [2.05, 4.69) is 10.2 Å². The standard InChI is InChI=1S/C16H22N2O2/c1-20-16(19)15(12-6-3-2-4-7-12)17-13-9-11-18-10-5-8-14(13)18/h2-4,6-7,13-15,17H,5,8-11H2,1H3. The highest BCUT2D eigenvalue weighted by Crippen LogP contribution is 2.29. The molecule has 3 unspecified atom stereocenters. The van der Waals surface area contributed by atoms with Crippen molar-refractivity contribution in [3.63, 3.8) is 0 Å². The van der Waals surface area contributed by atoms with Crippen LogP contribution in [0.3, 0.4) is 0 Å². The Labute approximate surface area is 120 Å². The third-order valence-electron chi connectivity index (χ3n) is 4.56. The van der Waals surface area contributed by atoms with Crippen molar-refractivity contribution in [1.82, 2.24) is 10.2 Å². The van der Waals surface area contributed by atoms with Crippen LogP contribution in [0.2, 0.25) is 0 Å². The minimum absolute atomic E-state index is 0.201. The summed E-state index contributed by atoms with van der Waals surface area (Å²) in [6.45, 7) is 2.35. The largest absolute Gasteiger partial charge is 0.468 e. The van der Waals surface area contributed by atoms with E-state index < -0.39 is 0 Å². The zero-order valence-corrected chi connectivity index (χ0v) is 11.9. The molecule has 1 N–H and O–H groups in total. The van der Waals surface area contributed by atoms with Crippen LogP contribution in [0.5, 0.6) is 0 Å². The van der Waals surface area contributed by atoms with Gasteiger partial charge in [-0.3, -0.25) is 10.2 Å². The maximum atomic E-state index is 12.1. The first kappa shape index (κ1) is 13.6. The number of ether oxygens (including phenoxy) is 1. The van der Waals surface area contributed by atoms with Gasteiger partial charge in [-0.1, -0.05) is 30.3 Å². The van der Waals surface area contributed by atoms with Crippen molar-refractivity contribution in [1.29, 1.82) is 0 Å². The number of rotatable bonds is 4. The van der Waals surface area contributed by atoms with Crippen LogP contribution in [0, 0.1) is 0 Å². The van der Waals surface area contributed by atoms with Crippen LogP contribution in [0.1, 0.15) is 30.9 Å². The average Bonchev–Trinajstić information content (AvgIpc) is 3.09. The molecule has 0 spiro atoms. The molecule has 108 valence electrons. The minimum atomic E-state index is -0.355. The summed E-state index contributed by atoms with van der Waals surface area (Å²) in [6, 6.07) is 10.5. The molecule has 20 heavy (non-hydrogen) atoms. The highest BCUT2D eigenvalue weighted by molar-refractivity contribution is 5.77. The molecule has 2 aliphatic rings. The summed E-state index contributed by atoms with van der Waals surface area (Å²) in [7, 11) is 1.45. The molecule has 4 heteroatoms. The summed E-state index contributed by atoms with van der Waals surface area (Å²) < 4.78 is 4.97. The van der Waals surface area contributed by atoms with Gasteiger partial charge in [0.05, 0.1) is 7.11 Å². The molecule has 2 fully saturated rings. The predicted octanol–water partition coefficient (Wildman–Crippen LogP) is 1.73. The van der Waals surface area contributed by atoms with E-state index in [9.17, 15) is 4.79 Å². The first-order valence-electron chi connectivity index (χ1n) is 7.42. The van der Waals surface area contributed by atoms with Gasteiger partial charge < -0.3 is 4.74 Å². The predicted molar refractivity (Wildman–Crippen MR) is 77.3 cm³/mol. The number of carbonyl (C=O) groups excluding carboxylic acids is 1. The average molecular weight is 274 g/mol. The topological polar surface area (TPSA) is 41.6 Å². The van der Waals surface area contributed by atoms with Gasteiger partial charge >= 0.3 is 5.97 Å². The number of benzene rings is 1. The normalized spacial score (nSPS) is 27.2. The molecule has 0 aliphatic carbocycles. The Balaban J connectivity index is 1.75. The van der Waals surface area contributed by atoms with E-state index in [1.165, 1.54) is 26.5 Å². The monoisotopic (exact) mass is 274 g/mol. The number of hydrogen-bond acceptors (Lipinski definition) is 4. The lowest BCUT2D eigenvalue weighted by atomic mass is 10.0. The summed E-state index contributed by atoms with van der Waals surface area (Å²) in [6.07, 6.45) is 3.63. The van der Waals surface area contributed by atoms with Gasteiger partial charge in [0.25, 0.3) is 0 Å². The van der Waals surface area contributed by atoms with Crippen LogP contribution in [-0.4, -0.2) is 43.2 Å². The number of carbonyl (C=O) groups is 1. The summed E-state index contributed by atoms with van der Waals surface area (Å²) in [5.74, 6) is -0.201. The number of fused-ring (bicyclic) bond motifs is 1. The maximum absolute atomic E-state index is 12.1. The molecule has 3 atom stereocenters. The van der Waals surface area contributed by atoms with Gasteiger partial charge in [-0.2, -0.15) is 0 Å². The van der Waals surface area contributed by atoms with Gasteiger partial charge in [-0.05, 0) is 31.4 Å². The van der Waals surface area contributed by atoms with Gasteiger partial charge in [-0.15, -0.1) is 0 Å². The van der Waals surface area contributed by atoms with E-state index in [1.54, 1.807) is 0 Å². The van der Waals surface area contributed by atoms with Crippen LogP contribution in [0.15, 0.2) is 30.3 Å². The Morgan fingerprint density at radius 2 is 2.10 bits per heavy atom. The molecular formula is C16H22N2O2. The third-order valence-corrected chi connectivity index (χ3v) is 4.56. The zero-order chi connectivity index (χ0) is 13.9. The number of nitrogens with zero attached hydrogens (tertiary/aromatic N) is 1. The molecule has 3 rings (SSSR count). The summed E-state index contributed by atoms with van der Waals surface area (Å²) in [5.41, 5.74) is 0.982. The van der Waals surface area contributed by atoms with Gasteiger partial charge in [0.15, 0.2) is 0 Å². The smallest absolute Gasteiger partial charge is 0.327 e. The molecule has 4 nitrogen and oxygen atoms in total. The Morgan fingerprint density at radius 1 is 1.30 bits per heavy atom. The van der Waals surface area contributed by atoms with E-state index >= 15 is 0 Å². The van der Waals surface area contributed by atoms with Crippen molar-refractivity contribution in [2.45, 2.75) is 37.4 Å². The SMILES string of the molecule is COC(=O)C(NC1CCN2CCCC12)c1ccccc1. The number of nitrogens with one attached hydrogen (secondary N) is 1. The van der Waals surface area contributed by atoms with Crippen LogP contribution in [-0.2, 0) is 9.53 Å². The highest BCUT2D eigenvalue weighted by atomic mass is 16.5. The Bertz CT molecular complexity index is 463. The molecule has 0 bridgehead atoms. The second-order valence-electron chi connectivity index (χ2n) is 5.67. The lowest BCUT2D eigenvalue weighted by Gasteiger charge is -2.26. The van der Waals surface area contributed by atoms with Gasteiger partial charge in [0, 0.05) is 18.6 Å². The lowest BCUT2D eigenvalue weighted by molar-refractivity contribution is -0.143. The Morgan fingerprint density at radius 3 is 2.85 bits per heavy atom. The second-order valence-corrected chi connectivity index (χ2v) is 5.67. The van der Waals surface area contributed by atoms with Crippen molar-refractivity contribution >= 4 is 5.97 Å². The van der Waals surface area contributed by atoms with E-state index in [0.29, 0.717) is 12.1 Å². The van der Waals surface area contributed by atoms with E-state index in [4.69, 9.17) is 4.74 Å². The fourth-order valence-electron chi connectivity index (χ4n) is 3.55. The fourth-order valence-corrected chi connectivity index (χ4v) is 3.55. The molecule has 0 aromatic heterocycles. The minimum Gasteiger partial charge on any atom is -0.468 e. The molecular weight excluding hydrogens is 252 g/mol. The molecule has 1 aromatic carbocycles. The fraction of sp³-hybridized carbons (Fsp3) is 0.562. The Hall–Kier alpha value is -1.39. The van der Waals surface area contributed by atoms with Crippen LogP contribution >= 0.6 is 0 Å². The van der Waals surface area contributed by atoms with Crippen LogP contribution in [0.25, 0.3) is 0 Å². The van der Waals surface area contributed by atoms with Crippen molar-refractivity contribution < 1.29 is 9.53 Å². The number of esters is 1. The third kappa shape index (κ3) is 2.58. The number of hydrogen-bond donors (Lipinski definition) is 1. The van der Waals surface area contributed by atoms with E-state index in [1.807, 2.05) is 30.3 Å². The molecule has 1 aromatic rings. The van der Waals surface area contributed by atoms with E-state index in [-0.39, 0.29) is 12.0 Å². The Kier molecular flexibility index (Phi) is 4.03. The van der Waals surface area contributed by atoms with Crippen LogP contribution < -0.4 is 5.32 Å². The van der Waals surface area contributed by atoms with Crippen molar-refractivity contribution in [3.8, 4) is 0 Å². The number of methoxy groups -OCH3 is 1. The lowest BCUT2D eigenvalue weighted by Crippen LogP contribution is -2.43. The van der Waals surface area contributed by atoms with Gasteiger partial charge in [0.1, 0.15) is 6.04 Å². The van der Waals surface area contributed by atoms with Crippen molar-refractivity contribution in [2.75, 3.05) is 20.2 Å². The zero-order valence-electron chi connectivity index (χ0n) is 11.9. The maximum Gasteiger partial charge on any atom is 0.327 e. The van der Waals surface area contributed by atoms with Gasteiger partial charge in [-0.25, -0.2) is 4.79 Å². The second kappa shape index (κ2) is 5.94. The molecule has 2 aliphatic heterocycles. The van der Waals surface area contributed by atoms with Crippen molar-refractivity contribution in [3.05, 3.63) is 35.9 Å². The summed E-state index contributed by atoms with van der Waals surface area (Å²) in [5, 5.41) is 3.54. The summed E-state index contributed by atoms with van der Waals surface area (Å²) in [4.78, 5) is 14.6. The van der Waals surface area contributed by atoms with Crippen LogP contribution in [0.4, 0.5) is 0 Å². The first-order valence-corrected chi connectivity index (χ1v) is 7.42. The molecule has 2 heterocycles. The molecule has 0 radical (unpaired) electrons. The first-order chi connectivity index (χ1) is 9.79. The van der Waals surface area contributed by atoms with Crippen molar-refractivity contribution in [2.24, 2.45) is 0 Å². The molecule has 0 saturated carbocycles. The highest BCUT2D eigenvalue weighted by Gasteiger charge is 2.39. The van der Waals surface area contributed by atoms with E-state index in [0.717, 1.165) is 18.5 Å².